The van der Waals surface area contributed by atoms with Crippen molar-refractivity contribution in [3.63, 3.8) is 0 Å². The van der Waals surface area contributed by atoms with Crippen molar-refractivity contribution >= 4 is 49.8 Å². The van der Waals surface area contributed by atoms with E-state index in [2.05, 4.69) is 5.10 Å². The van der Waals surface area contributed by atoms with Gasteiger partial charge in [-0.2, -0.15) is 32.0 Å². The molecule has 0 saturated carbocycles. The molecule has 1 aromatic rings. The van der Waals surface area contributed by atoms with Crippen molar-refractivity contribution in [1.82, 2.24) is 0 Å². The Balaban J connectivity index is 2.55. The van der Waals surface area contributed by atoms with Gasteiger partial charge in [-0.05, 0) is 12.1 Å². The van der Waals surface area contributed by atoms with Crippen molar-refractivity contribution in [3.05, 3.63) is 27.7 Å². The smallest absolute Gasteiger partial charge is 0.256 e. The molecular weight excluding hydrogens is 366 g/mol. The van der Waals surface area contributed by atoms with E-state index >= 15 is 0 Å². The van der Waals surface area contributed by atoms with Gasteiger partial charge in [-0.25, -0.2) is 0 Å². The van der Waals surface area contributed by atoms with Crippen LogP contribution in [0.3, 0.4) is 0 Å². The van der Waals surface area contributed by atoms with Crippen molar-refractivity contribution in [2.45, 2.75) is 6.18 Å². The Hall–Kier alpha value is -1.76. The van der Waals surface area contributed by atoms with E-state index in [0.29, 0.717) is 12.1 Å². The number of rotatable bonds is 1. The zero-order valence-electron chi connectivity index (χ0n) is 10.3. The second-order valence-corrected chi connectivity index (χ2v) is 5.84. The van der Waals surface area contributed by atoms with Gasteiger partial charge >= 0.3 is 6.18 Å². The van der Waals surface area contributed by atoms with Gasteiger partial charge in [0.15, 0.2) is 5.71 Å². The summed E-state index contributed by atoms with van der Waals surface area (Å²) in [5.74, 6) is 0. The number of benzene rings is 1. The van der Waals surface area contributed by atoms with Crippen LogP contribution in [0.2, 0.25) is 10.0 Å². The highest BCUT2D eigenvalue weighted by Crippen LogP contribution is 2.40. The summed E-state index contributed by atoms with van der Waals surface area (Å²) < 4.78 is 59.9. The van der Waals surface area contributed by atoms with E-state index in [-0.39, 0.29) is 32.9 Å². The van der Waals surface area contributed by atoms with Gasteiger partial charge in [0, 0.05) is 0 Å². The molecule has 0 aliphatic carbocycles. The van der Waals surface area contributed by atoms with E-state index in [0.717, 1.165) is 5.01 Å². The average Bonchev–Trinajstić information content (AvgIpc) is 2.80. The molecule has 0 radical (unpaired) electrons. The molecule has 22 heavy (non-hydrogen) atoms. The van der Waals surface area contributed by atoms with Gasteiger partial charge in [0.2, 0.25) is 10.3 Å². The van der Waals surface area contributed by atoms with E-state index in [1.165, 1.54) is 0 Å². The minimum Gasteiger partial charge on any atom is -0.256 e. The highest BCUT2D eigenvalue weighted by Gasteiger charge is 2.34. The number of halogens is 5. The van der Waals surface area contributed by atoms with Crippen LogP contribution < -0.4 is 5.01 Å². The first-order chi connectivity index (χ1) is 10.1. The summed E-state index contributed by atoms with van der Waals surface area (Å²) in [6.45, 7) is -0.343. The summed E-state index contributed by atoms with van der Waals surface area (Å²) in [6.07, 6.45) is -4.63. The van der Waals surface area contributed by atoms with Crippen LogP contribution in [0.25, 0.3) is 0 Å². The molecule has 116 valence electrons. The molecule has 0 saturated heterocycles. The lowest BCUT2D eigenvalue weighted by molar-refractivity contribution is -0.137. The number of hydrazone groups is 1. The molecule has 1 heterocycles. The predicted molar refractivity (Wildman–Crippen MR) is 75.8 cm³/mol. The highest BCUT2D eigenvalue weighted by atomic mass is 35.5. The van der Waals surface area contributed by atoms with Gasteiger partial charge in [0.1, 0.15) is 10.9 Å². The highest BCUT2D eigenvalue weighted by molar-refractivity contribution is 7.75. The van der Waals surface area contributed by atoms with Crippen molar-refractivity contribution < 1.29 is 21.6 Å². The molecule has 0 atom stereocenters. The topological polar surface area (TPSA) is 73.5 Å². The zero-order chi connectivity index (χ0) is 16.7. The fourth-order valence-corrected chi connectivity index (χ4v) is 2.90. The molecule has 0 aromatic heterocycles. The molecule has 1 aliphatic heterocycles. The van der Waals surface area contributed by atoms with Crippen LogP contribution in [0.4, 0.5) is 18.9 Å². The quantitative estimate of drug-likeness (QED) is 0.713. The third kappa shape index (κ3) is 3.04. The molecular formula is C11H4Cl2F3N3O2S. The lowest BCUT2D eigenvalue weighted by Gasteiger charge is -2.18. The lowest BCUT2D eigenvalue weighted by atomic mass is 10.2. The maximum Gasteiger partial charge on any atom is 0.416 e. The predicted octanol–water partition coefficient (Wildman–Crippen LogP) is 2.76. The van der Waals surface area contributed by atoms with E-state index in [9.17, 15) is 21.6 Å². The fourth-order valence-electron chi connectivity index (χ4n) is 1.74. The molecule has 0 amide bonds. The van der Waals surface area contributed by atoms with Gasteiger partial charge in [0.25, 0.3) is 0 Å². The molecule has 0 fully saturated rings. The number of nitrogens with zero attached hydrogens (tertiary/aromatic N) is 3. The van der Waals surface area contributed by atoms with Crippen LogP contribution in [0, 0.1) is 11.3 Å². The average molecular weight is 370 g/mol. The van der Waals surface area contributed by atoms with Crippen molar-refractivity contribution in [2.24, 2.45) is 5.10 Å². The summed E-state index contributed by atoms with van der Waals surface area (Å²) in [4.78, 5) is -0.297. The Morgan fingerprint density at radius 1 is 1.27 bits per heavy atom. The number of hydrogen-bond donors (Lipinski definition) is 0. The van der Waals surface area contributed by atoms with E-state index < -0.39 is 22.0 Å². The van der Waals surface area contributed by atoms with Crippen LogP contribution in [0.5, 0.6) is 0 Å². The maximum atomic E-state index is 12.7. The number of nitriles is 1. The zero-order valence-corrected chi connectivity index (χ0v) is 12.6. The van der Waals surface area contributed by atoms with E-state index in [1.807, 2.05) is 0 Å². The standard InChI is InChI=1S/C11H4Cl2F3N3O2S/c12-6-1-5(11(14,15)16)2-7(13)10(6)19-4-9(22(20)21)8(3-17)18-19/h1-2H,4H2. The fraction of sp³-hybridized carbons (Fsp3) is 0.182. The van der Waals surface area contributed by atoms with Gasteiger partial charge < -0.3 is 0 Å². The van der Waals surface area contributed by atoms with Crippen molar-refractivity contribution in [3.8, 4) is 6.07 Å². The molecule has 11 heteroatoms. The summed E-state index contributed by atoms with van der Waals surface area (Å²) in [6, 6.07) is 2.88. The molecule has 5 nitrogen and oxygen atoms in total. The molecule has 2 rings (SSSR count). The minimum absolute atomic E-state index is 0.107. The number of anilines is 1. The first-order valence-corrected chi connectivity index (χ1v) is 7.26. The Kier molecular flexibility index (Phi) is 4.37. The summed E-state index contributed by atoms with van der Waals surface area (Å²) in [7, 11) is -2.69. The van der Waals surface area contributed by atoms with Crippen LogP contribution in [0.15, 0.2) is 17.2 Å². The molecule has 0 N–H and O–H groups in total. The first-order valence-electron chi connectivity index (χ1n) is 5.43. The molecule has 0 unspecified atom stereocenters. The summed E-state index contributed by atoms with van der Waals surface area (Å²) in [5.41, 5.74) is -1.53. The molecule has 1 aliphatic rings. The second kappa shape index (κ2) is 5.79. The largest absolute Gasteiger partial charge is 0.416 e. The van der Waals surface area contributed by atoms with Gasteiger partial charge in [-0.15, -0.1) is 0 Å². The third-order valence-electron chi connectivity index (χ3n) is 2.69. The van der Waals surface area contributed by atoms with E-state index in [4.69, 9.17) is 28.5 Å². The third-order valence-corrected chi connectivity index (χ3v) is 3.99. The van der Waals surface area contributed by atoms with Crippen molar-refractivity contribution in [1.29, 1.82) is 5.26 Å². The molecule has 1 aromatic carbocycles. The molecule has 0 spiro atoms. The lowest BCUT2D eigenvalue weighted by Crippen LogP contribution is -2.20. The normalized spacial score (nSPS) is 14.8. The first kappa shape index (κ1) is 16.6. The Bertz CT molecular complexity index is 825. The van der Waals surface area contributed by atoms with Gasteiger partial charge in [0.05, 0.1) is 27.8 Å². The van der Waals surface area contributed by atoms with Gasteiger partial charge in [-0.1, -0.05) is 23.2 Å². The minimum atomic E-state index is -4.63. The van der Waals surface area contributed by atoms with Gasteiger partial charge in [-0.3, -0.25) is 5.01 Å². The number of hydrogen-bond acceptors (Lipinski definition) is 5. The van der Waals surface area contributed by atoms with Crippen LogP contribution in [0.1, 0.15) is 5.56 Å². The SMILES string of the molecule is N#CC1=NN(c2c(Cl)cc(C(F)(F)F)cc2Cl)CC1=S(=O)=O. The second-order valence-electron chi connectivity index (χ2n) is 4.06. The summed E-state index contributed by atoms with van der Waals surface area (Å²) in [5, 5.41) is 12.8. The van der Waals surface area contributed by atoms with Crippen LogP contribution in [-0.4, -0.2) is 25.5 Å². The van der Waals surface area contributed by atoms with Crippen molar-refractivity contribution in [2.75, 3.05) is 11.6 Å². The number of alkyl halides is 3. The van der Waals surface area contributed by atoms with Crippen LogP contribution in [-0.2, 0) is 16.5 Å². The Labute approximate surface area is 133 Å². The summed E-state index contributed by atoms with van der Waals surface area (Å²) >= 11 is 11.6. The van der Waals surface area contributed by atoms with E-state index in [1.54, 1.807) is 6.07 Å². The monoisotopic (exact) mass is 369 g/mol. The Morgan fingerprint density at radius 3 is 2.18 bits per heavy atom. The van der Waals surface area contributed by atoms with Crippen LogP contribution >= 0.6 is 23.2 Å². The Morgan fingerprint density at radius 2 is 1.82 bits per heavy atom. The maximum absolute atomic E-state index is 12.7. The molecule has 0 bridgehead atoms.